The van der Waals surface area contributed by atoms with Gasteiger partial charge in [0.1, 0.15) is 5.69 Å². The van der Waals surface area contributed by atoms with E-state index in [-0.39, 0.29) is 16.7 Å². The fourth-order valence-electron chi connectivity index (χ4n) is 3.39. The summed E-state index contributed by atoms with van der Waals surface area (Å²) in [5, 5.41) is 12.5. The first-order chi connectivity index (χ1) is 16.7. The maximum Gasteiger partial charge on any atom is 0.208 e. The van der Waals surface area contributed by atoms with E-state index in [1.54, 1.807) is 20.0 Å². The van der Waals surface area contributed by atoms with Crippen molar-refractivity contribution < 1.29 is 14.1 Å². The molecule has 2 unspecified atom stereocenters. The SMILES string of the molecule is Cc1ncc(-c2ccc(S(=O)C(C)C)cc2)nc1C(=O)C=C(N)c1ccc(CNCC(C)O)cc1. The molecule has 0 aliphatic rings. The van der Waals surface area contributed by atoms with E-state index in [2.05, 4.69) is 15.3 Å². The first-order valence-corrected chi connectivity index (χ1v) is 12.7. The van der Waals surface area contributed by atoms with Gasteiger partial charge < -0.3 is 16.2 Å². The summed E-state index contributed by atoms with van der Waals surface area (Å²) in [6.45, 7) is 8.43. The lowest BCUT2D eigenvalue weighted by Crippen LogP contribution is -2.23. The summed E-state index contributed by atoms with van der Waals surface area (Å²) in [6, 6.07) is 14.9. The molecular weight excluding hydrogens is 460 g/mol. The van der Waals surface area contributed by atoms with E-state index < -0.39 is 16.9 Å². The Morgan fingerprint density at radius 3 is 2.37 bits per heavy atom. The average Bonchev–Trinajstić information content (AvgIpc) is 2.84. The maximum absolute atomic E-state index is 13.0. The van der Waals surface area contributed by atoms with Gasteiger partial charge in [-0.3, -0.25) is 14.0 Å². The molecule has 8 heteroatoms. The summed E-state index contributed by atoms with van der Waals surface area (Å²) >= 11 is 0. The van der Waals surface area contributed by atoms with E-state index in [4.69, 9.17) is 5.73 Å². The van der Waals surface area contributed by atoms with Crippen LogP contribution in [0.15, 0.2) is 65.7 Å². The number of rotatable bonds is 10. The molecule has 0 fully saturated rings. The molecule has 1 aromatic heterocycles. The molecule has 2 aromatic carbocycles. The van der Waals surface area contributed by atoms with Crippen LogP contribution in [0.2, 0.25) is 0 Å². The fraction of sp³-hybridized carbons (Fsp3) is 0.296. The Balaban J connectivity index is 1.77. The van der Waals surface area contributed by atoms with Crippen molar-refractivity contribution in [1.82, 2.24) is 15.3 Å². The first-order valence-electron chi connectivity index (χ1n) is 11.5. The molecule has 4 N–H and O–H groups in total. The topological polar surface area (TPSA) is 118 Å². The van der Waals surface area contributed by atoms with Gasteiger partial charge in [0.2, 0.25) is 5.78 Å². The fourth-order valence-corrected chi connectivity index (χ4v) is 4.34. The molecule has 0 aliphatic heterocycles. The molecule has 0 aliphatic carbocycles. The van der Waals surface area contributed by atoms with Crippen LogP contribution in [-0.4, -0.2) is 43.0 Å². The van der Waals surface area contributed by atoms with Crippen LogP contribution in [0.5, 0.6) is 0 Å². The third-order valence-electron chi connectivity index (χ3n) is 5.34. The van der Waals surface area contributed by atoms with Crippen LogP contribution in [-0.2, 0) is 17.3 Å². The number of aromatic nitrogens is 2. The van der Waals surface area contributed by atoms with Gasteiger partial charge in [0.25, 0.3) is 0 Å². The molecule has 184 valence electrons. The highest BCUT2D eigenvalue weighted by atomic mass is 32.2. The van der Waals surface area contributed by atoms with Gasteiger partial charge in [0.05, 0.1) is 34.5 Å². The maximum atomic E-state index is 13.0. The summed E-state index contributed by atoms with van der Waals surface area (Å²) < 4.78 is 12.3. The van der Waals surface area contributed by atoms with Crippen molar-refractivity contribution in [3.8, 4) is 11.3 Å². The number of aliphatic hydroxyl groups is 1. The lowest BCUT2D eigenvalue weighted by molar-refractivity contribution is 0.104. The molecular formula is C27H32N4O3S. The minimum Gasteiger partial charge on any atom is -0.398 e. The number of carbonyl (C=O) groups is 1. The molecule has 7 nitrogen and oxygen atoms in total. The molecule has 0 bridgehead atoms. The largest absolute Gasteiger partial charge is 0.398 e. The first kappa shape index (κ1) is 26.4. The van der Waals surface area contributed by atoms with Crippen LogP contribution in [0.4, 0.5) is 0 Å². The number of allylic oxidation sites excluding steroid dienone is 1. The molecule has 0 spiro atoms. The van der Waals surface area contributed by atoms with E-state index in [0.29, 0.717) is 30.2 Å². The number of carbonyl (C=O) groups excluding carboxylic acids is 1. The third-order valence-corrected chi connectivity index (χ3v) is 6.94. The number of nitrogens with zero attached hydrogens (tertiary/aromatic N) is 2. The van der Waals surface area contributed by atoms with Crippen molar-refractivity contribution >= 4 is 22.3 Å². The van der Waals surface area contributed by atoms with Crippen molar-refractivity contribution in [3.05, 3.63) is 83.3 Å². The van der Waals surface area contributed by atoms with Gasteiger partial charge in [-0.1, -0.05) is 50.2 Å². The van der Waals surface area contributed by atoms with Crippen molar-refractivity contribution in [2.24, 2.45) is 5.73 Å². The van der Waals surface area contributed by atoms with Gasteiger partial charge in [-0.05, 0) is 37.1 Å². The van der Waals surface area contributed by atoms with E-state index >= 15 is 0 Å². The van der Waals surface area contributed by atoms with Gasteiger partial charge in [0, 0.05) is 40.6 Å². The Hall–Kier alpha value is -3.20. The van der Waals surface area contributed by atoms with Crippen molar-refractivity contribution in [3.63, 3.8) is 0 Å². The summed E-state index contributed by atoms with van der Waals surface area (Å²) in [5.74, 6) is -0.324. The zero-order valence-corrected chi connectivity index (χ0v) is 21.3. The summed E-state index contributed by atoms with van der Waals surface area (Å²) in [6.07, 6.45) is 2.59. The van der Waals surface area contributed by atoms with Crippen LogP contribution < -0.4 is 11.1 Å². The molecule has 1 heterocycles. The quantitative estimate of drug-likeness (QED) is 0.292. The minimum atomic E-state index is -1.07. The van der Waals surface area contributed by atoms with Crippen molar-refractivity contribution in [2.45, 2.75) is 50.5 Å². The van der Waals surface area contributed by atoms with Gasteiger partial charge in [0.15, 0.2) is 0 Å². The van der Waals surface area contributed by atoms with Crippen molar-refractivity contribution in [2.75, 3.05) is 6.54 Å². The summed E-state index contributed by atoms with van der Waals surface area (Å²) in [7, 11) is -1.07. The summed E-state index contributed by atoms with van der Waals surface area (Å²) in [4.78, 5) is 22.6. The lowest BCUT2D eigenvalue weighted by atomic mass is 10.1. The minimum absolute atomic E-state index is 0.0319. The number of nitrogens with one attached hydrogen (secondary N) is 1. The van der Waals surface area contributed by atoms with Crippen LogP contribution >= 0.6 is 0 Å². The molecule has 35 heavy (non-hydrogen) atoms. The van der Waals surface area contributed by atoms with E-state index in [1.807, 2.05) is 62.4 Å². The molecule has 3 aromatic rings. The second-order valence-electron chi connectivity index (χ2n) is 8.70. The number of hydrogen-bond donors (Lipinski definition) is 3. The van der Waals surface area contributed by atoms with Crippen LogP contribution in [0, 0.1) is 6.92 Å². The number of hydrogen-bond acceptors (Lipinski definition) is 7. The van der Waals surface area contributed by atoms with Crippen LogP contribution in [0.25, 0.3) is 17.0 Å². The van der Waals surface area contributed by atoms with Gasteiger partial charge in [-0.2, -0.15) is 0 Å². The standard InChI is InChI=1S/C27H32N4O3S/c1-17(2)35(34)23-11-9-22(10-12-23)25-16-30-19(4)27(31-25)26(33)13-24(28)21-7-5-20(6-8-21)15-29-14-18(3)32/h5-13,16-18,29,32H,14-15,28H2,1-4H3. The highest BCUT2D eigenvalue weighted by Gasteiger charge is 2.14. The monoisotopic (exact) mass is 492 g/mol. The number of aryl methyl sites for hydroxylation is 1. The van der Waals surface area contributed by atoms with E-state index in [9.17, 15) is 14.1 Å². The second kappa shape index (κ2) is 12.0. The zero-order valence-electron chi connectivity index (χ0n) is 20.5. The number of ketones is 1. The Morgan fingerprint density at radius 2 is 1.77 bits per heavy atom. The predicted octanol–water partition coefficient (Wildman–Crippen LogP) is 3.62. The Labute approximate surface area is 209 Å². The Kier molecular flexibility index (Phi) is 9.03. The highest BCUT2D eigenvalue weighted by molar-refractivity contribution is 7.85. The highest BCUT2D eigenvalue weighted by Crippen LogP contribution is 2.21. The Morgan fingerprint density at radius 1 is 1.11 bits per heavy atom. The Bertz CT molecular complexity index is 1220. The molecule has 2 atom stereocenters. The van der Waals surface area contributed by atoms with Gasteiger partial charge in [-0.15, -0.1) is 0 Å². The number of nitrogens with two attached hydrogens (primary N) is 1. The number of benzene rings is 2. The molecule has 0 amide bonds. The lowest BCUT2D eigenvalue weighted by Gasteiger charge is -2.09. The zero-order chi connectivity index (χ0) is 25.5. The van der Waals surface area contributed by atoms with Gasteiger partial charge >= 0.3 is 0 Å². The predicted molar refractivity (Wildman–Crippen MR) is 140 cm³/mol. The van der Waals surface area contributed by atoms with Crippen LogP contribution in [0.1, 0.15) is 48.1 Å². The van der Waals surface area contributed by atoms with E-state index in [1.165, 1.54) is 6.08 Å². The second-order valence-corrected chi connectivity index (χ2v) is 10.7. The third kappa shape index (κ3) is 7.14. The molecule has 0 radical (unpaired) electrons. The van der Waals surface area contributed by atoms with Crippen LogP contribution in [0.3, 0.4) is 0 Å². The molecule has 0 saturated heterocycles. The molecule has 0 saturated carbocycles. The number of aliphatic hydroxyl groups excluding tert-OH is 1. The van der Waals surface area contributed by atoms with E-state index in [0.717, 1.165) is 21.6 Å². The smallest absolute Gasteiger partial charge is 0.208 e. The normalized spacial score (nSPS) is 13.6. The molecule has 3 rings (SSSR count). The van der Waals surface area contributed by atoms with Crippen molar-refractivity contribution in [1.29, 1.82) is 0 Å². The average molecular weight is 493 g/mol. The van der Waals surface area contributed by atoms with Gasteiger partial charge in [-0.25, -0.2) is 4.98 Å². The summed E-state index contributed by atoms with van der Waals surface area (Å²) in [5.41, 5.74) is 10.4.